The van der Waals surface area contributed by atoms with Gasteiger partial charge in [-0.05, 0) is 25.8 Å². The van der Waals surface area contributed by atoms with Crippen molar-refractivity contribution in [3.63, 3.8) is 0 Å². The first kappa shape index (κ1) is 11.0. The van der Waals surface area contributed by atoms with E-state index >= 15 is 0 Å². The molecule has 1 aliphatic rings. The Hall–Kier alpha value is -0.0800. The van der Waals surface area contributed by atoms with Gasteiger partial charge in [0.05, 0.1) is 6.10 Å². The largest absolute Gasteiger partial charge is 0.391 e. The second-order valence-electron chi connectivity index (χ2n) is 4.75. The van der Waals surface area contributed by atoms with E-state index in [0.29, 0.717) is 12.0 Å². The molecule has 1 fully saturated rings. The van der Waals surface area contributed by atoms with Crippen molar-refractivity contribution in [3.8, 4) is 0 Å². The molecule has 1 aliphatic carbocycles. The van der Waals surface area contributed by atoms with Crippen molar-refractivity contribution >= 4 is 0 Å². The van der Waals surface area contributed by atoms with Crippen LogP contribution in [0, 0.1) is 5.92 Å². The van der Waals surface area contributed by atoms with Gasteiger partial charge in [0.2, 0.25) is 0 Å². The summed E-state index contributed by atoms with van der Waals surface area (Å²) in [7, 11) is 2.14. The van der Waals surface area contributed by atoms with Crippen molar-refractivity contribution in [1.82, 2.24) is 4.90 Å². The van der Waals surface area contributed by atoms with Crippen LogP contribution in [0.2, 0.25) is 0 Å². The number of rotatable bonds is 3. The summed E-state index contributed by atoms with van der Waals surface area (Å²) in [6, 6.07) is 0.413. The molecule has 0 aromatic heterocycles. The molecule has 0 aromatic rings. The smallest absolute Gasteiger partial charge is 0.0695 e. The van der Waals surface area contributed by atoms with Crippen molar-refractivity contribution in [1.29, 1.82) is 0 Å². The number of hydrogen-bond donors (Lipinski definition) is 1. The molecular formula is C11H23NO. The Morgan fingerprint density at radius 1 is 1.31 bits per heavy atom. The first-order chi connectivity index (χ1) is 6.11. The van der Waals surface area contributed by atoms with Gasteiger partial charge in [-0.3, -0.25) is 0 Å². The molecule has 78 valence electrons. The summed E-state index contributed by atoms with van der Waals surface area (Å²) in [5, 5.41) is 9.81. The van der Waals surface area contributed by atoms with Gasteiger partial charge in [0, 0.05) is 12.6 Å². The summed E-state index contributed by atoms with van der Waals surface area (Å²) in [6.07, 6.45) is 4.56. The minimum absolute atomic E-state index is 0.0856. The van der Waals surface area contributed by atoms with Crippen molar-refractivity contribution < 1.29 is 5.11 Å². The molecule has 0 aromatic carbocycles. The molecule has 1 saturated carbocycles. The van der Waals surface area contributed by atoms with Crippen LogP contribution in [0.4, 0.5) is 0 Å². The molecule has 2 atom stereocenters. The maximum Gasteiger partial charge on any atom is 0.0695 e. The van der Waals surface area contributed by atoms with Crippen molar-refractivity contribution in [2.75, 3.05) is 13.6 Å². The summed E-state index contributed by atoms with van der Waals surface area (Å²) in [6.45, 7) is 5.55. The van der Waals surface area contributed by atoms with E-state index in [4.69, 9.17) is 0 Å². The van der Waals surface area contributed by atoms with Crippen molar-refractivity contribution in [2.24, 2.45) is 5.92 Å². The van der Waals surface area contributed by atoms with Gasteiger partial charge < -0.3 is 10.0 Å². The first-order valence-electron chi connectivity index (χ1n) is 5.49. The minimum Gasteiger partial charge on any atom is -0.391 e. The summed E-state index contributed by atoms with van der Waals surface area (Å²) in [4.78, 5) is 2.33. The average molecular weight is 185 g/mol. The van der Waals surface area contributed by atoms with Gasteiger partial charge in [-0.1, -0.05) is 26.7 Å². The van der Waals surface area contributed by atoms with E-state index in [0.717, 1.165) is 13.0 Å². The van der Waals surface area contributed by atoms with Crippen LogP contribution in [-0.4, -0.2) is 35.7 Å². The SMILES string of the molecule is CC(C)CN(C)[C@H]1CCCC[C@@H]1O. The molecule has 0 bridgehead atoms. The van der Waals surface area contributed by atoms with Gasteiger partial charge in [0.15, 0.2) is 0 Å². The number of hydrogen-bond acceptors (Lipinski definition) is 2. The van der Waals surface area contributed by atoms with Crippen LogP contribution < -0.4 is 0 Å². The molecule has 2 heteroatoms. The van der Waals surface area contributed by atoms with E-state index < -0.39 is 0 Å². The van der Waals surface area contributed by atoms with E-state index in [1.54, 1.807) is 0 Å². The fourth-order valence-corrected chi connectivity index (χ4v) is 2.32. The van der Waals surface area contributed by atoms with E-state index in [2.05, 4.69) is 25.8 Å². The molecule has 0 radical (unpaired) electrons. The molecule has 0 unspecified atom stereocenters. The highest BCUT2D eigenvalue weighted by molar-refractivity contribution is 4.81. The third-order valence-corrected chi connectivity index (χ3v) is 2.91. The molecule has 0 saturated heterocycles. The summed E-state index contributed by atoms with van der Waals surface area (Å²) in [5.74, 6) is 0.694. The minimum atomic E-state index is -0.0856. The third kappa shape index (κ3) is 3.28. The highest BCUT2D eigenvalue weighted by atomic mass is 16.3. The predicted octanol–water partition coefficient (Wildman–Crippen LogP) is 1.88. The zero-order chi connectivity index (χ0) is 9.84. The second-order valence-corrected chi connectivity index (χ2v) is 4.75. The summed E-state index contributed by atoms with van der Waals surface area (Å²) < 4.78 is 0. The molecule has 13 heavy (non-hydrogen) atoms. The lowest BCUT2D eigenvalue weighted by atomic mass is 9.91. The van der Waals surface area contributed by atoms with Crippen LogP contribution in [0.25, 0.3) is 0 Å². The van der Waals surface area contributed by atoms with E-state index in [1.165, 1.54) is 19.3 Å². The normalized spacial score (nSPS) is 30.0. The first-order valence-corrected chi connectivity index (χ1v) is 5.49. The number of likely N-dealkylation sites (N-methyl/N-ethyl adjacent to an activating group) is 1. The van der Waals surface area contributed by atoms with E-state index in [9.17, 15) is 5.11 Å². The van der Waals surface area contributed by atoms with Gasteiger partial charge in [0.1, 0.15) is 0 Å². The Morgan fingerprint density at radius 2 is 1.92 bits per heavy atom. The van der Waals surface area contributed by atoms with Crippen LogP contribution in [0.1, 0.15) is 39.5 Å². The lowest BCUT2D eigenvalue weighted by Crippen LogP contribution is -2.44. The molecule has 0 amide bonds. The zero-order valence-electron chi connectivity index (χ0n) is 9.16. The van der Waals surface area contributed by atoms with Gasteiger partial charge in [-0.15, -0.1) is 0 Å². The molecule has 1 rings (SSSR count). The quantitative estimate of drug-likeness (QED) is 0.725. The standard InChI is InChI=1S/C11H23NO/c1-9(2)8-12(3)10-6-4-5-7-11(10)13/h9-11,13H,4-8H2,1-3H3/t10-,11-/m0/s1. The van der Waals surface area contributed by atoms with Crippen molar-refractivity contribution in [3.05, 3.63) is 0 Å². The highest BCUT2D eigenvalue weighted by Gasteiger charge is 2.26. The Kier molecular flexibility index (Phi) is 4.20. The third-order valence-electron chi connectivity index (χ3n) is 2.91. The van der Waals surface area contributed by atoms with Gasteiger partial charge in [-0.25, -0.2) is 0 Å². The Bertz CT molecular complexity index is 147. The van der Waals surface area contributed by atoms with E-state index in [-0.39, 0.29) is 6.10 Å². The molecule has 0 spiro atoms. The van der Waals surface area contributed by atoms with E-state index in [1.807, 2.05) is 0 Å². The molecule has 2 nitrogen and oxygen atoms in total. The zero-order valence-corrected chi connectivity index (χ0v) is 9.16. The topological polar surface area (TPSA) is 23.5 Å². The molecular weight excluding hydrogens is 162 g/mol. The van der Waals surface area contributed by atoms with Crippen LogP contribution in [0.5, 0.6) is 0 Å². The molecule has 0 heterocycles. The maximum absolute atomic E-state index is 9.81. The predicted molar refractivity (Wildman–Crippen MR) is 55.7 cm³/mol. The fourth-order valence-electron chi connectivity index (χ4n) is 2.32. The van der Waals surface area contributed by atoms with Gasteiger partial charge >= 0.3 is 0 Å². The van der Waals surface area contributed by atoms with Gasteiger partial charge in [-0.2, -0.15) is 0 Å². The lowest BCUT2D eigenvalue weighted by molar-refractivity contribution is 0.0277. The number of aliphatic hydroxyl groups excluding tert-OH is 1. The van der Waals surface area contributed by atoms with Gasteiger partial charge in [0.25, 0.3) is 0 Å². The molecule has 1 N–H and O–H groups in total. The van der Waals surface area contributed by atoms with Crippen LogP contribution in [0.3, 0.4) is 0 Å². The number of aliphatic hydroxyl groups is 1. The Labute approximate surface area is 81.9 Å². The lowest BCUT2D eigenvalue weighted by Gasteiger charge is -2.36. The summed E-state index contributed by atoms with van der Waals surface area (Å²) >= 11 is 0. The average Bonchev–Trinajstić information content (AvgIpc) is 2.03. The maximum atomic E-state index is 9.81. The Morgan fingerprint density at radius 3 is 2.46 bits per heavy atom. The number of nitrogens with zero attached hydrogens (tertiary/aromatic N) is 1. The highest BCUT2D eigenvalue weighted by Crippen LogP contribution is 2.22. The summed E-state index contributed by atoms with van der Waals surface area (Å²) in [5.41, 5.74) is 0. The van der Waals surface area contributed by atoms with Crippen LogP contribution in [0.15, 0.2) is 0 Å². The second kappa shape index (κ2) is 4.97. The Balaban J connectivity index is 2.39. The monoisotopic (exact) mass is 185 g/mol. The van der Waals surface area contributed by atoms with Crippen LogP contribution >= 0.6 is 0 Å². The van der Waals surface area contributed by atoms with Crippen molar-refractivity contribution in [2.45, 2.75) is 51.7 Å². The van der Waals surface area contributed by atoms with Crippen LogP contribution in [-0.2, 0) is 0 Å². The fraction of sp³-hybridized carbons (Fsp3) is 1.00. The molecule has 0 aliphatic heterocycles.